The van der Waals surface area contributed by atoms with E-state index in [1.54, 1.807) is 4.90 Å². The number of nitrogens with one attached hydrogen (secondary N) is 1. The van der Waals surface area contributed by atoms with Crippen molar-refractivity contribution in [3.05, 3.63) is 33.4 Å². The van der Waals surface area contributed by atoms with E-state index in [9.17, 15) is 4.79 Å². The molecule has 1 N–H and O–H groups in total. The van der Waals surface area contributed by atoms with Crippen molar-refractivity contribution in [1.29, 1.82) is 0 Å². The fourth-order valence-electron chi connectivity index (χ4n) is 1.19. The Balaban J connectivity index is 0.00000225. The van der Waals surface area contributed by atoms with Gasteiger partial charge in [0.25, 0.3) is 5.91 Å². The van der Waals surface area contributed by atoms with E-state index in [-0.39, 0.29) is 18.3 Å². The topological polar surface area (TPSA) is 32.3 Å². The second-order valence-electron chi connectivity index (χ2n) is 3.34. The second-order valence-corrected chi connectivity index (χ2v) is 4.58. The summed E-state index contributed by atoms with van der Waals surface area (Å²) in [6.45, 7) is 1.54. The van der Waals surface area contributed by atoms with E-state index in [1.807, 2.05) is 38.4 Å². The van der Waals surface area contributed by atoms with Gasteiger partial charge in [-0.25, -0.2) is 0 Å². The van der Waals surface area contributed by atoms with Gasteiger partial charge in [0.05, 0.1) is 0 Å². The molecule has 0 aliphatic carbocycles. The Morgan fingerprint density at radius 1 is 1.38 bits per heavy atom. The molecule has 0 atom stereocenters. The van der Waals surface area contributed by atoms with E-state index in [2.05, 4.69) is 27.9 Å². The van der Waals surface area contributed by atoms with Crippen molar-refractivity contribution >= 4 is 40.9 Å². The van der Waals surface area contributed by atoms with E-state index < -0.39 is 0 Å². The van der Waals surface area contributed by atoms with Crippen LogP contribution in [-0.4, -0.2) is 38.0 Å². The largest absolute Gasteiger partial charge is 0.340 e. The van der Waals surface area contributed by atoms with Gasteiger partial charge >= 0.3 is 0 Å². The molecular weight excluding hydrogens is 338 g/mol. The highest BCUT2D eigenvalue weighted by Crippen LogP contribution is 2.08. The van der Waals surface area contributed by atoms with Crippen molar-refractivity contribution in [2.45, 2.75) is 0 Å². The molecule has 0 radical (unpaired) electrons. The molecule has 90 valence electrons. The average Bonchev–Trinajstić information content (AvgIpc) is 2.26. The predicted molar refractivity (Wildman–Crippen MR) is 77.3 cm³/mol. The van der Waals surface area contributed by atoms with Crippen LogP contribution in [0.2, 0.25) is 0 Å². The highest BCUT2D eigenvalue weighted by atomic mass is 127. The zero-order valence-corrected chi connectivity index (χ0v) is 12.3. The summed E-state index contributed by atoms with van der Waals surface area (Å²) in [5.41, 5.74) is 0.744. The maximum absolute atomic E-state index is 11.9. The van der Waals surface area contributed by atoms with Crippen LogP contribution in [0.3, 0.4) is 0 Å². The summed E-state index contributed by atoms with van der Waals surface area (Å²) in [5, 5.41) is 3.02. The molecule has 0 fully saturated rings. The van der Waals surface area contributed by atoms with Crippen LogP contribution in [0.15, 0.2) is 24.3 Å². The number of amides is 1. The zero-order chi connectivity index (χ0) is 11.3. The molecule has 0 bridgehead atoms. The van der Waals surface area contributed by atoms with Gasteiger partial charge < -0.3 is 10.2 Å². The lowest BCUT2D eigenvalue weighted by Crippen LogP contribution is -2.32. The van der Waals surface area contributed by atoms with Crippen molar-refractivity contribution in [2.24, 2.45) is 0 Å². The van der Waals surface area contributed by atoms with Gasteiger partial charge in [-0.05, 0) is 53.9 Å². The molecule has 0 saturated heterocycles. The summed E-state index contributed by atoms with van der Waals surface area (Å²) in [7, 11) is 3.70. The third-order valence-corrected chi connectivity index (χ3v) is 2.85. The molecule has 0 heterocycles. The molecule has 0 spiro atoms. The first-order chi connectivity index (χ1) is 7.15. The minimum atomic E-state index is 0. The Morgan fingerprint density at radius 2 is 1.94 bits per heavy atom. The van der Waals surface area contributed by atoms with Crippen molar-refractivity contribution in [3.8, 4) is 0 Å². The highest BCUT2D eigenvalue weighted by molar-refractivity contribution is 14.1. The molecule has 1 aromatic carbocycles. The number of hydrogen-bond donors (Lipinski definition) is 1. The first-order valence-electron chi connectivity index (χ1n) is 4.81. The SMILES string of the molecule is CNCCN(C)C(=O)c1ccc(I)cc1.Cl. The molecule has 0 aliphatic rings. The smallest absolute Gasteiger partial charge is 0.253 e. The van der Waals surface area contributed by atoms with Gasteiger partial charge in [-0.3, -0.25) is 4.79 Å². The van der Waals surface area contributed by atoms with Crippen LogP contribution in [0.4, 0.5) is 0 Å². The van der Waals surface area contributed by atoms with Gasteiger partial charge in [0.1, 0.15) is 0 Å². The molecule has 3 nitrogen and oxygen atoms in total. The number of nitrogens with zero attached hydrogens (tertiary/aromatic N) is 1. The normalized spacial score (nSPS) is 9.44. The standard InChI is InChI=1S/C11H15IN2O.ClH/c1-13-7-8-14(2)11(15)9-3-5-10(12)6-4-9;/h3-6,13H,7-8H2,1-2H3;1H. The molecule has 16 heavy (non-hydrogen) atoms. The third kappa shape index (κ3) is 4.67. The molecule has 0 aliphatic heterocycles. The lowest BCUT2D eigenvalue weighted by atomic mass is 10.2. The minimum Gasteiger partial charge on any atom is -0.340 e. The Hall–Kier alpha value is -0.330. The summed E-state index contributed by atoms with van der Waals surface area (Å²) < 4.78 is 1.14. The predicted octanol–water partition coefficient (Wildman–Crippen LogP) is 2.00. The van der Waals surface area contributed by atoms with Gasteiger partial charge in [-0.2, -0.15) is 0 Å². The number of benzene rings is 1. The Labute approximate surface area is 116 Å². The number of likely N-dealkylation sites (N-methyl/N-ethyl adjacent to an activating group) is 2. The summed E-state index contributed by atoms with van der Waals surface area (Å²) in [6, 6.07) is 7.61. The third-order valence-electron chi connectivity index (χ3n) is 2.14. The monoisotopic (exact) mass is 354 g/mol. The van der Waals surface area contributed by atoms with E-state index in [1.165, 1.54) is 0 Å². The summed E-state index contributed by atoms with van der Waals surface area (Å²) in [6.07, 6.45) is 0. The number of hydrogen-bond acceptors (Lipinski definition) is 2. The Bertz CT molecular complexity index is 329. The van der Waals surface area contributed by atoms with Crippen LogP contribution in [0.1, 0.15) is 10.4 Å². The summed E-state index contributed by atoms with van der Waals surface area (Å²) >= 11 is 2.22. The van der Waals surface area contributed by atoms with E-state index in [0.29, 0.717) is 0 Å². The van der Waals surface area contributed by atoms with Crippen LogP contribution in [0.25, 0.3) is 0 Å². The molecular formula is C11H16ClIN2O. The second kappa shape index (κ2) is 7.86. The van der Waals surface area contributed by atoms with Crippen molar-refractivity contribution in [2.75, 3.05) is 27.2 Å². The fourth-order valence-corrected chi connectivity index (χ4v) is 1.55. The van der Waals surface area contributed by atoms with Crippen LogP contribution >= 0.6 is 35.0 Å². The number of halogens is 2. The van der Waals surface area contributed by atoms with Crippen LogP contribution < -0.4 is 5.32 Å². The number of carbonyl (C=O) groups is 1. The van der Waals surface area contributed by atoms with Crippen molar-refractivity contribution in [1.82, 2.24) is 10.2 Å². The lowest BCUT2D eigenvalue weighted by Gasteiger charge is -2.16. The average molecular weight is 355 g/mol. The van der Waals surface area contributed by atoms with E-state index in [4.69, 9.17) is 0 Å². The maximum atomic E-state index is 11.9. The van der Waals surface area contributed by atoms with Gasteiger partial charge in [-0.1, -0.05) is 0 Å². The highest BCUT2D eigenvalue weighted by Gasteiger charge is 2.10. The summed E-state index contributed by atoms with van der Waals surface area (Å²) in [4.78, 5) is 13.6. The van der Waals surface area contributed by atoms with Crippen molar-refractivity contribution in [3.63, 3.8) is 0 Å². The molecule has 1 rings (SSSR count). The van der Waals surface area contributed by atoms with Crippen molar-refractivity contribution < 1.29 is 4.79 Å². The Morgan fingerprint density at radius 3 is 2.44 bits per heavy atom. The van der Waals surface area contributed by atoms with Gasteiger partial charge in [0.2, 0.25) is 0 Å². The lowest BCUT2D eigenvalue weighted by molar-refractivity contribution is 0.0797. The minimum absolute atomic E-state index is 0. The first-order valence-corrected chi connectivity index (χ1v) is 5.88. The van der Waals surface area contributed by atoms with Gasteiger partial charge in [-0.15, -0.1) is 12.4 Å². The fraction of sp³-hybridized carbons (Fsp3) is 0.364. The number of carbonyl (C=O) groups excluding carboxylic acids is 1. The van der Waals surface area contributed by atoms with E-state index >= 15 is 0 Å². The molecule has 1 amide bonds. The molecule has 0 saturated carbocycles. The van der Waals surface area contributed by atoms with Crippen LogP contribution in [0, 0.1) is 3.57 Å². The quantitative estimate of drug-likeness (QED) is 0.839. The number of rotatable bonds is 4. The molecule has 0 aromatic heterocycles. The molecule has 5 heteroatoms. The molecule has 0 unspecified atom stereocenters. The first kappa shape index (κ1) is 15.7. The van der Waals surface area contributed by atoms with Gasteiger partial charge in [0, 0.05) is 29.3 Å². The summed E-state index contributed by atoms with van der Waals surface area (Å²) in [5.74, 6) is 0.0710. The van der Waals surface area contributed by atoms with Crippen LogP contribution in [-0.2, 0) is 0 Å². The zero-order valence-electron chi connectivity index (χ0n) is 9.37. The molecule has 1 aromatic rings. The maximum Gasteiger partial charge on any atom is 0.253 e. The van der Waals surface area contributed by atoms with Gasteiger partial charge in [0.15, 0.2) is 0 Å². The Kier molecular flexibility index (Phi) is 7.70. The van der Waals surface area contributed by atoms with E-state index in [0.717, 1.165) is 22.2 Å². The van der Waals surface area contributed by atoms with Crippen LogP contribution in [0.5, 0.6) is 0 Å².